The first-order valence-corrected chi connectivity index (χ1v) is 6.30. The van der Waals surface area contributed by atoms with Crippen molar-refractivity contribution >= 4 is 23.4 Å². The smallest absolute Gasteiger partial charge is 0.412 e. The minimum atomic E-state index is -0.670. The number of benzene rings is 1. The zero-order valence-corrected chi connectivity index (χ0v) is 12.0. The van der Waals surface area contributed by atoms with Crippen molar-refractivity contribution in [2.75, 3.05) is 10.6 Å². The summed E-state index contributed by atoms with van der Waals surface area (Å²) in [5.74, 6) is -0.783. The summed E-state index contributed by atoms with van der Waals surface area (Å²) in [5.41, 5.74) is -0.165. The van der Waals surface area contributed by atoms with Crippen LogP contribution in [0.1, 0.15) is 34.1 Å². The standard InChI is InChI=1S/C14H19FN2O3/c1-5-12(18)16-11-8-9(15)6-7-10(11)17-13(19)20-14(2,3)4/h6-8H,5H2,1-4H3,(H,16,18)(H,17,19). The van der Waals surface area contributed by atoms with E-state index in [2.05, 4.69) is 10.6 Å². The molecule has 5 nitrogen and oxygen atoms in total. The van der Waals surface area contributed by atoms with Gasteiger partial charge in [0.05, 0.1) is 11.4 Å². The van der Waals surface area contributed by atoms with Gasteiger partial charge in [0.15, 0.2) is 0 Å². The van der Waals surface area contributed by atoms with Crippen LogP contribution in [0, 0.1) is 5.82 Å². The predicted molar refractivity (Wildman–Crippen MR) is 75.2 cm³/mol. The molecule has 1 aromatic carbocycles. The second-order valence-corrected chi connectivity index (χ2v) is 5.22. The van der Waals surface area contributed by atoms with Gasteiger partial charge < -0.3 is 10.1 Å². The lowest BCUT2D eigenvalue weighted by molar-refractivity contribution is -0.115. The summed E-state index contributed by atoms with van der Waals surface area (Å²) in [4.78, 5) is 23.1. The van der Waals surface area contributed by atoms with Crippen LogP contribution in [-0.2, 0) is 9.53 Å². The van der Waals surface area contributed by atoms with E-state index in [1.807, 2.05) is 0 Å². The number of hydrogen-bond donors (Lipinski definition) is 2. The molecule has 0 unspecified atom stereocenters. The number of halogens is 1. The second-order valence-electron chi connectivity index (χ2n) is 5.22. The first kappa shape index (κ1) is 15.9. The first-order valence-electron chi connectivity index (χ1n) is 6.30. The third kappa shape index (κ3) is 5.26. The molecule has 0 radical (unpaired) electrons. The molecule has 0 aliphatic carbocycles. The maximum Gasteiger partial charge on any atom is 0.412 e. The highest BCUT2D eigenvalue weighted by atomic mass is 19.1. The van der Waals surface area contributed by atoms with Crippen LogP contribution >= 0.6 is 0 Å². The zero-order chi connectivity index (χ0) is 15.3. The molecule has 0 spiro atoms. The summed E-state index contributed by atoms with van der Waals surface area (Å²) in [6.07, 6.45) is -0.418. The Labute approximate surface area is 117 Å². The Morgan fingerprint density at radius 3 is 2.40 bits per heavy atom. The minimum absolute atomic E-state index is 0.197. The van der Waals surface area contributed by atoms with E-state index in [4.69, 9.17) is 4.74 Å². The van der Waals surface area contributed by atoms with E-state index in [-0.39, 0.29) is 23.7 Å². The molecule has 0 atom stereocenters. The van der Waals surface area contributed by atoms with Crippen molar-refractivity contribution in [2.24, 2.45) is 0 Å². The van der Waals surface area contributed by atoms with Crippen molar-refractivity contribution in [3.8, 4) is 0 Å². The molecule has 0 aromatic heterocycles. The largest absolute Gasteiger partial charge is 0.444 e. The fourth-order valence-electron chi connectivity index (χ4n) is 1.38. The number of carbonyl (C=O) groups is 2. The Kier molecular flexibility index (Phi) is 5.07. The lowest BCUT2D eigenvalue weighted by Gasteiger charge is -2.20. The maximum absolute atomic E-state index is 13.2. The van der Waals surface area contributed by atoms with Gasteiger partial charge in [0.1, 0.15) is 11.4 Å². The van der Waals surface area contributed by atoms with Gasteiger partial charge in [0, 0.05) is 6.42 Å². The molecule has 0 fully saturated rings. The van der Waals surface area contributed by atoms with Crippen LogP contribution in [0.15, 0.2) is 18.2 Å². The van der Waals surface area contributed by atoms with Crippen LogP contribution in [0.25, 0.3) is 0 Å². The van der Waals surface area contributed by atoms with E-state index in [0.717, 1.165) is 6.07 Å². The fourth-order valence-corrected chi connectivity index (χ4v) is 1.38. The van der Waals surface area contributed by atoms with Crippen molar-refractivity contribution in [1.82, 2.24) is 0 Å². The third-order valence-electron chi connectivity index (χ3n) is 2.21. The molecular formula is C14H19FN2O3. The average molecular weight is 282 g/mol. The average Bonchev–Trinajstić information content (AvgIpc) is 2.30. The summed E-state index contributed by atoms with van der Waals surface area (Å²) in [6, 6.07) is 3.69. The lowest BCUT2D eigenvalue weighted by Crippen LogP contribution is -2.27. The molecule has 6 heteroatoms. The van der Waals surface area contributed by atoms with Gasteiger partial charge in [-0.3, -0.25) is 10.1 Å². The number of carbonyl (C=O) groups excluding carboxylic acids is 2. The van der Waals surface area contributed by atoms with E-state index in [1.54, 1.807) is 27.7 Å². The van der Waals surface area contributed by atoms with Gasteiger partial charge in [0.25, 0.3) is 0 Å². The Morgan fingerprint density at radius 1 is 1.20 bits per heavy atom. The molecule has 1 rings (SSSR count). The van der Waals surface area contributed by atoms with Gasteiger partial charge in [-0.2, -0.15) is 0 Å². The van der Waals surface area contributed by atoms with Crippen LogP contribution in [0.5, 0.6) is 0 Å². The SMILES string of the molecule is CCC(=O)Nc1cc(F)ccc1NC(=O)OC(C)(C)C. The summed E-state index contributed by atoms with van der Waals surface area (Å²) >= 11 is 0. The van der Waals surface area contributed by atoms with Crippen LogP contribution in [0.2, 0.25) is 0 Å². The van der Waals surface area contributed by atoms with Crippen LogP contribution in [-0.4, -0.2) is 17.6 Å². The summed E-state index contributed by atoms with van der Waals surface area (Å²) in [5, 5.41) is 5.00. The van der Waals surface area contributed by atoms with E-state index in [0.29, 0.717) is 0 Å². The van der Waals surface area contributed by atoms with Gasteiger partial charge in [-0.05, 0) is 39.0 Å². The molecule has 0 aliphatic heterocycles. The molecule has 2 N–H and O–H groups in total. The zero-order valence-electron chi connectivity index (χ0n) is 12.0. The molecule has 2 amide bonds. The van der Waals surface area contributed by atoms with E-state index >= 15 is 0 Å². The van der Waals surface area contributed by atoms with Gasteiger partial charge in [-0.25, -0.2) is 9.18 Å². The molecule has 1 aromatic rings. The van der Waals surface area contributed by atoms with E-state index in [1.165, 1.54) is 12.1 Å². The summed E-state index contributed by atoms with van der Waals surface area (Å²) in [6.45, 7) is 6.88. The first-order chi connectivity index (χ1) is 9.21. The number of rotatable bonds is 3. The molecule has 0 heterocycles. The molecule has 20 heavy (non-hydrogen) atoms. The molecule has 0 aliphatic rings. The summed E-state index contributed by atoms with van der Waals surface area (Å²) in [7, 11) is 0. The van der Waals surface area contributed by atoms with Crippen LogP contribution in [0.4, 0.5) is 20.6 Å². The molecule has 0 bridgehead atoms. The molecule has 110 valence electrons. The van der Waals surface area contributed by atoms with Crippen molar-refractivity contribution in [2.45, 2.75) is 39.7 Å². The van der Waals surface area contributed by atoms with Crippen molar-refractivity contribution in [1.29, 1.82) is 0 Å². The van der Waals surface area contributed by atoms with Crippen molar-refractivity contribution in [3.63, 3.8) is 0 Å². The highest BCUT2D eigenvalue weighted by Gasteiger charge is 2.17. The predicted octanol–water partition coefficient (Wildman–Crippen LogP) is 3.52. The topological polar surface area (TPSA) is 67.4 Å². The summed E-state index contributed by atoms with van der Waals surface area (Å²) < 4.78 is 18.3. The van der Waals surface area contributed by atoms with Crippen molar-refractivity contribution in [3.05, 3.63) is 24.0 Å². The Hall–Kier alpha value is -2.11. The van der Waals surface area contributed by atoms with Crippen LogP contribution in [0.3, 0.4) is 0 Å². The van der Waals surface area contributed by atoms with Gasteiger partial charge >= 0.3 is 6.09 Å². The number of anilines is 2. The maximum atomic E-state index is 13.2. The highest BCUT2D eigenvalue weighted by Crippen LogP contribution is 2.23. The second kappa shape index (κ2) is 6.36. The Balaban J connectivity index is 2.88. The highest BCUT2D eigenvalue weighted by molar-refractivity contribution is 5.97. The molecular weight excluding hydrogens is 263 g/mol. The minimum Gasteiger partial charge on any atom is -0.444 e. The van der Waals surface area contributed by atoms with Gasteiger partial charge in [-0.15, -0.1) is 0 Å². The van der Waals surface area contributed by atoms with Crippen molar-refractivity contribution < 1.29 is 18.7 Å². The van der Waals surface area contributed by atoms with Gasteiger partial charge in [0.2, 0.25) is 5.91 Å². The van der Waals surface area contributed by atoms with E-state index < -0.39 is 17.5 Å². The van der Waals surface area contributed by atoms with Gasteiger partial charge in [-0.1, -0.05) is 6.92 Å². The Bertz CT molecular complexity index is 510. The third-order valence-corrected chi connectivity index (χ3v) is 2.21. The number of ether oxygens (including phenoxy) is 1. The molecule has 0 saturated heterocycles. The monoisotopic (exact) mass is 282 g/mol. The van der Waals surface area contributed by atoms with E-state index in [9.17, 15) is 14.0 Å². The normalized spacial score (nSPS) is 10.8. The molecule has 0 saturated carbocycles. The number of amides is 2. The lowest BCUT2D eigenvalue weighted by atomic mass is 10.2. The van der Waals surface area contributed by atoms with Crippen LogP contribution < -0.4 is 10.6 Å². The quantitative estimate of drug-likeness (QED) is 0.891. The fraction of sp³-hybridized carbons (Fsp3) is 0.429. The number of nitrogens with one attached hydrogen (secondary N) is 2. The Morgan fingerprint density at radius 2 is 1.85 bits per heavy atom. The number of hydrogen-bond acceptors (Lipinski definition) is 3.